The van der Waals surface area contributed by atoms with Crippen LogP contribution in [-0.4, -0.2) is 4.98 Å². The number of nitrogens with zero attached hydrogens (tertiary/aromatic N) is 1. The van der Waals surface area contributed by atoms with Crippen molar-refractivity contribution in [3.05, 3.63) is 27.7 Å². The molecule has 13 heavy (non-hydrogen) atoms. The van der Waals surface area contributed by atoms with Crippen molar-refractivity contribution in [3.63, 3.8) is 0 Å². The number of aromatic nitrogens is 1. The average molecular weight is 257 g/mol. The van der Waals surface area contributed by atoms with Crippen molar-refractivity contribution < 1.29 is 0 Å². The first-order chi connectivity index (χ1) is 6.18. The summed E-state index contributed by atoms with van der Waals surface area (Å²) in [5.74, 6) is 0. The molecule has 4 heteroatoms. The molecule has 1 aromatic carbocycles. The number of hydrogen-bond donors (Lipinski definition) is 1. The summed E-state index contributed by atoms with van der Waals surface area (Å²) in [6.45, 7) is 1.95. The molecule has 2 nitrogen and oxygen atoms in total. The summed E-state index contributed by atoms with van der Waals surface area (Å²) in [6.07, 6.45) is 0. The Morgan fingerprint density at radius 3 is 2.92 bits per heavy atom. The van der Waals surface area contributed by atoms with Crippen molar-refractivity contribution >= 4 is 37.5 Å². The molecule has 1 heterocycles. The van der Waals surface area contributed by atoms with Gasteiger partial charge in [0.05, 0.1) is 16.3 Å². The van der Waals surface area contributed by atoms with Gasteiger partial charge in [0.15, 0.2) is 0 Å². The molecule has 2 N–H and O–H groups in total. The van der Waals surface area contributed by atoms with Crippen LogP contribution in [-0.2, 0) is 0 Å². The minimum Gasteiger partial charge on any atom is -0.322 e. The van der Waals surface area contributed by atoms with E-state index in [9.17, 15) is 0 Å². The summed E-state index contributed by atoms with van der Waals surface area (Å²) < 4.78 is 2.22. The predicted molar refractivity (Wildman–Crippen MR) is 59.9 cm³/mol. The fourth-order valence-electron chi connectivity index (χ4n) is 1.13. The van der Waals surface area contributed by atoms with Crippen LogP contribution in [0, 0.1) is 0 Å². The van der Waals surface area contributed by atoms with Crippen molar-refractivity contribution in [2.45, 2.75) is 13.0 Å². The first kappa shape index (κ1) is 9.12. The summed E-state index contributed by atoms with van der Waals surface area (Å²) in [5, 5.41) is 0.988. The third-order valence-electron chi connectivity index (χ3n) is 1.78. The maximum Gasteiger partial charge on any atom is 0.110 e. The maximum atomic E-state index is 5.76. The van der Waals surface area contributed by atoms with Gasteiger partial charge in [-0.3, -0.25) is 0 Å². The molecule has 2 aromatic rings. The highest BCUT2D eigenvalue weighted by Crippen LogP contribution is 2.30. The van der Waals surface area contributed by atoms with Crippen LogP contribution in [0.2, 0.25) is 0 Å². The SMILES string of the molecule is CC(N)c1nc2c(Br)cccc2s1. The lowest BCUT2D eigenvalue weighted by atomic mass is 10.3. The van der Waals surface area contributed by atoms with E-state index in [1.807, 2.05) is 19.1 Å². The van der Waals surface area contributed by atoms with Crippen LogP contribution < -0.4 is 5.73 Å². The van der Waals surface area contributed by atoms with Crippen LogP contribution in [0.15, 0.2) is 22.7 Å². The molecule has 0 aliphatic rings. The second-order valence-corrected chi connectivity index (χ2v) is 4.84. The molecular weight excluding hydrogens is 248 g/mol. The van der Waals surface area contributed by atoms with Crippen LogP contribution >= 0.6 is 27.3 Å². The van der Waals surface area contributed by atoms with Crippen LogP contribution in [0.3, 0.4) is 0 Å². The van der Waals surface area contributed by atoms with Gasteiger partial charge in [0, 0.05) is 4.47 Å². The Labute approximate surface area is 88.9 Å². The van der Waals surface area contributed by atoms with E-state index in [4.69, 9.17) is 5.73 Å². The zero-order valence-electron chi connectivity index (χ0n) is 7.12. The van der Waals surface area contributed by atoms with Crippen molar-refractivity contribution in [2.24, 2.45) is 5.73 Å². The van der Waals surface area contributed by atoms with Crippen LogP contribution in [0.5, 0.6) is 0 Å². The number of benzene rings is 1. The highest BCUT2D eigenvalue weighted by Gasteiger charge is 2.08. The van der Waals surface area contributed by atoms with Gasteiger partial charge in [-0.05, 0) is 35.0 Å². The highest BCUT2D eigenvalue weighted by molar-refractivity contribution is 9.10. The summed E-state index contributed by atoms with van der Waals surface area (Å²) >= 11 is 5.12. The second kappa shape index (κ2) is 3.36. The molecule has 0 bridgehead atoms. The van der Waals surface area contributed by atoms with Crippen molar-refractivity contribution in [2.75, 3.05) is 0 Å². The Morgan fingerprint density at radius 2 is 2.31 bits per heavy atom. The zero-order valence-corrected chi connectivity index (χ0v) is 9.52. The van der Waals surface area contributed by atoms with E-state index in [0.29, 0.717) is 0 Å². The number of halogens is 1. The van der Waals surface area contributed by atoms with Gasteiger partial charge in [0.2, 0.25) is 0 Å². The monoisotopic (exact) mass is 256 g/mol. The third-order valence-corrected chi connectivity index (χ3v) is 3.64. The topological polar surface area (TPSA) is 38.9 Å². The van der Waals surface area contributed by atoms with Crippen LogP contribution in [0.1, 0.15) is 18.0 Å². The minimum absolute atomic E-state index is 0.0179. The molecule has 1 aromatic heterocycles. The molecule has 0 fully saturated rings. The molecule has 0 saturated carbocycles. The fraction of sp³-hybridized carbons (Fsp3) is 0.222. The Bertz CT molecular complexity index is 436. The van der Waals surface area contributed by atoms with Gasteiger partial charge >= 0.3 is 0 Å². The van der Waals surface area contributed by atoms with Gasteiger partial charge in [-0.25, -0.2) is 4.98 Å². The number of nitrogens with two attached hydrogens (primary N) is 1. The molecule has 0 saturated heterocycles. The number of para-hydroxylation sites is 1. The molecule has 1 unspecified atom stereocenters. The summed E-state index contributed by atoms with van der Waals surface area (Å²) in [7, 11) is 0. The standard InChI is InChI=1S/C9H9BrN2S/c1-5(11)9-12-8-6(10)3-2-4-7(8)13-9/h2-5H,11H2,1H3. The largest absolute Gasteiger partial charge is 0.322 e. The number of fused-ring (bicyclic) bond motifs is 1. The predicted octanol–water partition coefficient (Wildman–Crippen LogP) is 3.08. The molecule has 0 spiro atoms. The van der Waals surface area contributed by atoms with Gasteiger partial charge in [-0.2, -0.15) is 0 Å². The van der Waals surface area contributed by atoms with E-state index >= 15 is 0 Å². The van der Waals surface area contributed by atoms with Gasteiger partial charge < -0.3 is 5.73 Å². The van der Waals surface area contributed by atoms with Gasteiger partial charge in [0.1, 0.15) is 5.01 Å². The Kier molecular flexibility index (Phi) is 2.36. The molecular formula is C9H9BrN2S. The fourth-order valence-corrected chi connectivity index (χ4v) is 2.66. The minimum atomic E-state index is 0.0179. The molecule has 68 valence electrons. The van der Waals surface area contributed by atoms with Crippen LogP contribution in [0.25, 0.3) is 10.2 Å². The van der Waals surface area contributed by atoms with E-state index < -0.39 is 0 Å². The first-order valence-electron chi connectivity index (χ1n) is 3.99. The number of hydrogen-bond acceptors (Lipinski definition) is 3. The van der Waals surface area contributed by atoms with E-state index in [0.717, 1.165) is 15.0 Å². The number of thiazole rings is 1. The molecule has 0 aliphatic carbocycles. The molecule has 0 aliphatic heterocycles. The molecule has 2 rings (SSSR count). The lowest BCUT2D eigenvalue weighted by molar-refractivity contribution is 0.810. The maximum absolute atomic E-state index is 5.76. The summed E-state index contributed by atoms with van der Waals surface area (Å²) in [4.78, 5) is 4.46. The second-order valence-electron chi connectivity index (χ2n) is 2.93. The van der Waals surface area contributed by atoms with Gasteiger partial charge in [-0.1, -0.05) is 6.07 Å². The Balaban J connectivity index is 2.68. The molecule has 1 atom stereocenters. The van der Waals surface area contributed by atoms with Crippen LogP contribution in [0.4, 0.5) is 0 Å². The van der Waals surface area contributed by atoms with Crippen molar-refractivity contribution in [1.29, 1.82) is 0 Å². The van der Waals surface area contributed by atoms with Crippen molar-refractivity contribution in [3.8, 4) is 0 Å². The Hall–Kier alpha value is -0.450. The van der Waals surface area contributed by atoms with E-state index in [2.05, 4.69) is 27.0 Å². The average Bonchev–Trinajstić information content (AvgIpc) is 2.49. The summed E-state index contributed by atoms with van der Waals surface area (Å²) in [5.41, 5.74) is 6.77. The molecule has 0 radical (unpaired) electrons. The van der Waals surface area contributed by atoms with Gasteiger partial charge in [-0.15, -0.1) is 11.3 Å². The number of rotatable bonds is 1. The zero-order chi connectivity index (χ0) is 9.42. The van der Waals surface area contributed by atoms with E-state index in [1.54, 1.807) is 11.3 Å². The van der Waals surface area contributed by atoms with E-state index in [1.165, 1.54) is 4.70 Å². The van der Waals surface area contributed by atoms with E-state index in [-0.39, 0.29) is 6.04 Å². The quantitative estimate of drug-likeness (QED) is 0.852. The third kappa shape index (κ3) is 1.61. The molecule has 0 amide bonds. The normalized spacial score (nSPS) is 13.5. The smallest absolute Gasteiger partial charge is 0.110 e. The first-order valence-corrected chi connectivity index (χ1v) is 5.60. The van der Waals surface area contributed by atoms with Gasteiger partial charge in [0.25, 0.3) is 0 Å². The van der Waals surface area contributed by atoms with Crippen molar-refractivity contribution in [1.82, 2.24) is 4.98 Å². The Morgan fingerprint density at radius 1 is 1.54 bits per heavy atom. The lowest BCUT2D eigenvalue weighted by Crippen LogP contribution is -2.03. The summed E-state index contributed by atoms with van der Waals surface area (Å²) in [6, 6.07) is 6.08. The highest BCUT2D eigenvalue weighted by atomic mass is 79.9. The lowest BCUT2D eigenvalue weighted by Gasteiger charge is -1.95.